The van der Waals surface area contributed by atoms with Crippen LogP contribution in [0.3, 0.4) is 0 Å². The number of piperidine rings is 5. The molecule has 27 nitrogen and oxygen atoms in total. The number of halogens is 5. The number of hydrogen-bond acceptors (Lipinski definition) is 17. The Morgan fingerprint density at radius 1 is 0.255 bits per heavy atom. The van der Waals surface area contributed by atoms with Gasteiger partial charge in [0.2, 0.25) is 79.7 Å². The Hall–Kier alpha value is -10.2. The van der Waals surface area contributed by atoms with Gasteiger partial charge in [-0.05, 0) is 241 Å². The first-order chi connectivity index (χ1) is 71.8. The molecule has 37 heteroatoms. The number of carbonyl (C=O) groups is 5. The third kappa shape index (κ3) is 26.1. The molecule has 0 radical (unpaired) electrons. The van der Waals surface area contributed by atoms with Gasteiger partial charge in [-0.1, -0.05) is 222 Å². The van der Waals surface area contributed by atoms with E-state index in [0.717, 1.165) is 125 Å². The van der Waals surface area contributed by atoms with Crippen LogP contribution in [0, 0.1) is 35.4 Å². The van der Waals surface area contributed by atoms with Crippen molar-refractivity contribution in [1.82, 2.24) is 46.0 Å². The van der Waals surface area contributed by atoms with Crippen LogP contribution in [0.2, 0.25) is 20.1 Å². The van der Waals surface area contributed by atoms with E-state index >= 15 is 0 Å². The number of methoxy groups -OCH3 is 2. The molecule has 149 heavy (non-hydrogen) atoms. The third-order valence-electron chi connectivity index (χ3n) is 30.1. The summed E-state index contributed by atoms with van der Waals surface area (Å²) in [6.45, 7) is 6.55. The van der Waals surface area contributed by atoms with Crippen molar-refractivity contribution in [3.8, 4) is 11.5 Å². The van der Waals surface area contributed by atoms with Crippen LogP contribution in [0.1, 0.15) is 186 Å². The largest absolute Gasteiger partial charge is 0.495 e. The molecule has 794 valence electrons. The highest BCUT2D eigenvalue weighted by atomic mass is 35.5. The molecule has 5 amide bonds. The maximum absolute atomic E-state index is 13.4. The number of ether oxygens (including phenoxy) is 2. The van der Waals surface area contributed by atoms with Gasteiger partial charge >= 0.3 is 0 Å². The molecule has 0 aromatic heterocycles. The Balaban J connectivity index is 0.000000133. The third-order valence-corrected chi connectivity index (χ3v) is 41.0. The maximum Gasteiger partial charge on any atom is 0.246 e. The van der Waals surface area contributed by atoms with Crippen LogP contribution in [0.5, 0.6) is 11.5 Å². The van der Waals surface area contributed by atoms with Crippen molar-refractivity contribution in [2.45, 2.75) is 183 Å². The summed E-state index contributed by atoms with van der Waals surface area (Å²) in [5.41, 5.74) is 5.50. The first kappa shape index (κ1) is 111. The van der Waals surface area contributed by atoms with Crippen LogP contribution in [0.15, 0.2) is 285 Å². The minimum atomic E-state index is -3.83. The Kier molecular flexibility index (Phi) is 37.8. The molecule has 10 fully saturated rings. The van der Waals surface area contributed by atoms with Gasteiger partial charge in [-0.25, -0.2) is 46.5 Å². The molecule has 20 rings (SSSR count). The summed E-state index contributed by atoms with van der Waals surface area (Å²) < 4.78 is 163. The molecule has 0 saturated carbocycles. The number of likely N-dealkylation sites (tertiary alicyclic amines) is 5. The number of amides is 5. The minimum Gasteiger partial charge on any atom is -0.495 e. The van der Waals surface area contributed by atoms with Crippen molar-refractivity contribution in [2.24, 2.45) is 29.6 Å². The lowest BCUT2D eigenvalue weighted by atomic mass is 9.96. The van der Waals surface area contributed by atoms with E-state index in [-0.39, 0.29) is 162 Å². The molecule has 10 saturated heterocycles. The Bertz CT molecular complexity index is 6940. The second-order valence-electron chi connectivity index (χ2n) is 39.4. The van der Waals surface area contributed by atoms with E-state index < -0.39 is 56.0 Å². The predicted molar refractivity (Wildman–Crippen MR) is 573 cm³/mol. The number of benzene rings is 10. The molecule has 10 aliphatic heterocycles. The van der Waals surface area contributed by atoms with Crippen LogP contribution in [-0.2, 0) is 74.1 Å². The molecule has 10 atom stereocenters. The number of sulfonamides is 5. The number of rotatable bonds is 22. The van der Waals surface area contributed by atoms with Crippen molar-refractivity contribution < 1.29 is 79.9 Å². The monoisotopic (exact) mass is 2200 g/mol. The molecule has 10 aromatic rings. The van der Waals surface area contributed by atoms with E-state index in [2.05, 4.69) is 48.5 Å². The van der Waals surface area contributed by atoms with Crippen molar-refractivity contribution in [3.05, 3.63) is 315 Å². The van der Waals surface area contributed by atoms with Gasteiger partial charge in [-0.2, -0.15) is 21.5 Å². The summed E-state index contributed by atoms with van der Waals surface area (Å²) in [7, 11) is -15.8. The van der Waals surface area contributed by atoms with Crippen LogP contribution < -0.4 is 9.47 Å². The normalized spacial score (nSPS) is 22.9. The maximum atomic E-state index is 13.4. The Morgan fingerprint density at radius 3 is 0.819 bits per heavy atom. The van der Waals surface area contributed by atoms with E-state index in [1.807, 2.05) is 97.3 Å². The summed E-state index contributed by atoms with van der Waals surface area (Å²) in [5, 5.41) is 1.11. The van der Waals surface area contributed by atoms with Crippen molar-refractivity contribution >= 4 is 126 Å². The average molecular weight is 2210 g/mol. The van der Waals surface area contributed by atoms with Crippen molar-refractivity contribution in [1.29, 1.82) is 0 Å². The smallest absolute Gasteiger partial charge is 0.246 e. The van der Waals surface area contributed by atoms with Crippen LogP contribution in [0.4, 0.5) is 4.39 Å². The summed E-state index contributed by atoms with van der Waals surface area (Å²) in [5.74, 6) is -1.17. The average Bonchev–Trinajstić information content (AvgIpc) is 1.25. The summed E-state index contributed by atoms with van der Waals surface area (Å²) in [6.07, 6.45) is 16.1. The molecule has 10 heterocycles. The topological polar surface area (TPSA) is 307 Å². The second kappa shape index (κ2) is 50.6. The fourth-order valence-electron chi connectivity index (χ4n) is 22.6. The highest BCUT2D eigenvalue weighted by Gasteiger charge is 2.47. The van der Waals surface area contributed by atoms with Gasteiger partial charge in [0.05, 0.1) is 89.0 Å². The fourth-order valence-corrected chi connectivity index (χ4v) is 32.1. The van der Waals surface area contributed by atoms with Gasteiger partial charge in [0.15, 0.2) is 0 Å². The SMILES string of the molecule is COc1ccc(Cl)cc1S(=O)(=O)N1CCCC(C(=O)N2CCCC2c2ccccc2)C1.COc1ccccc1S(=O)(=O)N1CCCC(C(=O)N2CCCC2c2ccccc2)C1.O=C(C1CCCN(S(=O)(=O)c2cccc(Cl)c2)C1)N1CCCC1c1ccccc1.O=C(C1CCCN(S(=O)(=O)c2ccccc2Cl)C1)N1CCCC1c1ccc(F)cc1.O=C(C1CCCN(S(=O)(=O)c2ccccc2Cl)C1)N1CCCC1c1ccccc1. The van der Waals surface area contributed by atoms with E-state index in [4.69, 9.17) is 55.9 Å². The first-order valence-electron chi connectivity index (χ1n) is 51.5. The number of nitrogens with zero attached hydrogens (tertiary/aromatic N) is 10. The minimum absolute atomic E-state index is 0.0270. The number of hydrogen-bond donors (Lipinski definition) is 0. The van der Waals surface area contributed by atoms with Gasteiger partial charge in [0.1, 0.15) is 36.9 Å². The zero-order valence-corrected chi connectivity index (χ0v) is 90.8. The van der Waals surface area contributed by atoms with Crippen molar-refractivity contribution in [3.63, 3.8) is 0 Å². The standard InChI is InChI=1S/C23H27ClN2O4S.C23H28N2O4S.C22H24ClFN2O3S.2C22H25ClN2O3S/c1-30-21-12-11-19(24)15-22(21)31(28,29)25-13-5-9-18(16-25)23(27)26-14-6-10-20(26)17-7-3-2-4-8-17;1-29-21-13-5-6-14-22(21)30(27,28)24-15-7-11-19(17-24)23(26)25-16-8-12-20(25)18-9-3-2-4-10-18;23-19-6-1-2-8-21(19)30(28,29)25-13-3-5-17(15-25)22(27)26-14-4-7-20(26)16-9-11-18(24)12-10-16;23-19-10-4-11-20(15-19)29(27,28)24-13-5-9-18(16-24)22(26)25-14-6-12-21(25)17-7-2-1-3-8-17;23-19-11-4-5-13-21(19)29(27,28)24-14-6-10-18(16-24)22(26)25-15-7-12-20(25)17-8-2-1-3-9-17/h2-4,7-8,11-12,15,18,20H,5-6,9-10,13-14,16H2,1H3;2-6,9-10,13-14,19-20H,7-8,11-12,15-17H2,1H3;1-2,6,8-12,17,20H,3-5,7,13-15H2;1-4,7-8,10-11,15,18,21H,5-6,9,12-14,16H2;1-5,8-9,11,13,18,20H,6-7,10,12,14-16H2. The van der Waals surface area contributed by atoms with E-state index in [1.165, 1.54) is 72.1 Å². The predicted octanol–water partition coefficient (Wildman–Crippen LogP) is 20.0. The molecule has 10 aromatic carbocycles. The molecule has 0 spiro atoms. The van der Waals surface area contributed by atoms with Gasteiger partial charge in [0.25, 0.3) is 0 Å². The van der Waals surface area contributed by atoms with Gasteiger partial charge in [0, 0.05) is 108 Å². The highest BCUT2D eigenvalue weighted by molar-refractivity contribution is 7.90. The molecular weight excluding hydrogens is 2080 g/mol. The van der Waals surface area contributed by atoms with Gasteiger partial charge in [-0.3, -0.25) is 24.0 Å². The fraction of sp³-hybridized carbons (Fsp3) is 0.420. The van der Waals surface area contributed by atoms with Crippen molar-refractivity contribution in [2.75, 3.05) is 112 Å². The van der Waals surface area contributed by atoms with Crippen LogP contribution in [-0.4, -0.2) is 230 Å². The van der Waals surface area contributed by atoms with Crippen LogP contribution in [0.25, 0.3) is 0 Å². The quantitative estimate of drug-likeness (QED) is 0.0608. The lowest BCUT2D eigenvalue weighted by molar-refractivity contribution is -0.138. The molecule has 10 aliphatic rings. The zero-order chi connectivity index (χ0) is 105. The number of para-hydroxylation sites is 1. The molecule has 0 bridgehead atoms. The number of carbonyl (C=O) groups excluding carboxylic acids is 5. The van der Waals surface area contributed by atoms with Gasteiger partial charge in [-0.15, -0.1) is 0 Å². The van der Waals surface area contributed by atoms with E-state index in [1.54, 1.807) is 103 Å². The summed E-state index contributed by atoms with van der Waals surface area (Å²) >= 11 is 24.3. The van der Waals surface area contributed by atoms with Crippen LogP contribution >= 0.6 is 46.4 Å². The summed E-state index contributed by atoms with van der Waals surface area (Å²) in [6, 6.07) is 77.2. The Labute approximate surface area is 896 Å². The molecule has 0 aliphatic carbocycles. The van der Waals surface area contributed by atoms with Gasteiger partial charge < -0.3 is 34.0 Å². The lowest BCUT2D eigenvalue weighted by Gasteiger charge is -2.35. The van der Waals surface area contributed by atoms with E-state index in [0.29, 0.717) is 113 Å². The zero-order valence-electron chi connectivity index (χ0n) is 83.7. The molecule has 0 N–H and O–H groups in total. The molecule has 10 unspecified atom stereocenters. The second-order valence-corrected chi connectivity index (χ2v) is 50.7. The highest BCUT2D eigenvalue weighted by Crippen LogP contribution is 2.45. The lowest BCUT2D eigenvalue weighted by Crippen LogP contribution is -2.46. The Morgan fingerprint density at radius 2 is 0.510 bits per heavy atom. The molecular formula is C112H129Cl4FN10O17S5. The van der Waals surface area contributed by atoms with E-state index in [9.17, 15) is 70.5 Å². The first-order valence-corrected chi connectivity index (χ1v) is 60.2. The summed E-state index contributed by atoms with van der Waals surface area (Å²) in [4.78, 5) is 77.0.